The number of hydrogen-bond donors (Lipinski definition) is 2. The Balaban J connectivity index is 1.61. The minimum Gasteiger partial charge on any atom is -0.373 e. The summed E-state index contributed by atoms with van der Waals surface area (Å²) in [6, 6.07) is 7.52. The van der Waals surface area contributed by atoms with Crippen LogP contribution in [0.4, 0.5) is 4.39 Å². The first kappa shape index (κ1) is 17.2. The first-order valence-corrected chi connectivity index (χ1v) is 9.66. The molecule has 28 heavy (non-hydrogen) atoms. The first-order chi connectivity index (χ1) is 13.5. The molecule has 3 aromatic heterocycles. The molecule has 1 aliphatic heterocycles. The highest BCUT2D eigenvalue weighted by Crippen LogP contribution is 2.34. The molecule has 5 rings (SSSR count). The summed E-state index contributed by atoms with van der Waals surface area (Å²) < 4.78 is 20.3. The number of amides is 1. The van der Waals surface area contributed by atoms with Gasteiger partial charge >= 0.3 is 0 Å². The van der Waals surface area contributed by atoms with Crippen molar-refractivity contribution in [1.29, 1.82) is 0 Å². The molecule has 8 heteroatoms. The van der Waals surface area contributed by atoms with Gasteiger partial charge in [-0.2, -0.15) is 0 Å². The number of ether oxygens (including phenoxy) is 1. The van der Waals surface area contributed by atoms with E-state index in [-0.39, 0.29) is 23.5 Å². The Kier molecular flexibility index (Phi) is 3.85. The summed E-state index contributed by atoms with van der Waals surface area (Å²) in [6.07, 6.45) is 0. The van der Waals surface area contributed by atoms with Crippen molar-refractivity contribution in [3.63, 3.8) is 0 Å². The third kappa shape index (κ3) is 2.56. The minimum atomic E-state index is -0.475. The number of likely N-dealkylation sites (N-methyl/N-ethyl adjacent to an activating group) is 1. The van der Waals surface area contributed by atoms with Crippen molar-refractivity contribution < 1.29 is 13.9 Å². The molecule has 4 aromatic rings. The fraction of sp³-hybridized carbons (Fsp3) is 0.200. The molecule has 1 aromatic carbocycles. The third-order valence-corrected chi connectivity index (χ3v) is 6.08. The van der Waals surface area contributed by atoms with E-state index >= 15 is 0 Å². The zero-order chi connectivity index (χ0) is 19.4. The highest BCUT2D eigenvalue weighted by atomic mass is 32.1. The van der Waals surface area contributed by atoms with Gasteiger partial charge in [0.2, 0.25) is 0 Å². The molecule has 0 spiro atoms. The third-order valence-electron chi connectivity index (χ3n) is 5.22. The smallest absolute Gasteiger partial charge is 0.270 e. The summed E-state index contributed by atoms with van der Waals surface area (Å²) in [6.45, 7) is 0.539. The standard InChI is InChI=1S/C20H16FN3O3S/c1-24(20(26)14-7-17-13(22-14)4-5-28-17)16-9-27-8-15-18(16)11-3-2-10(21)6-12(11)19(25)23-15/h2-7,16,22H,8-9H2,1H3,(H,23,25)/t16-/m0/s1. The summed E-state index contributed by atoms with van der Waals surface area (Å²) in [4.78, 5) is 33.0. The molecule has 4 heterocycles. The van der Waals surface area contributed by atoms with Crippen molar-refractivity contribution in [2.75, 3.05) is 13.7 Å². The first-order valence-electron chi connectivity index (χ1n) is 8.78. The topological polar surface area (TPSA) is 78.2 Å². The normalized spacial score (nSPS) is 16.4. The van der Waals surface area contributed by atoms with Crippen LogP contribution in [0.5, 0.6) is 0 Å². The van der Waals surface area contributed by atoms with E-state index in [1.54, 1.807) is 29.4 Å². The number of nitrogens with zero attached hydrogens (tertiary/aromatic N) is 1. The Morgan fingerprint density at radius 2 is 2.11 bits per heavy atom. The molecule has 0 bridgehead atoms. The summed E-state index contributed by atoms with van der Waals surface area (Å²) in [7, 11) is 1.71. The second kappa shape index (κ2) is 6.29. The van der Waals surface area contributed by atoms with E-state index in [0.29, 0.717) is 23.4 Å². The molecule has 0 unspecified atom stereocenters. The number of hydrogen-bond acceptors (Lipinski definition) is 4. The molecular formula is C20H16FN3O3S. The van der Waals surface area contributed by atoms with E-state index in [0.717, 1.165) is 15.8 Å². The van der Waals surface area contributed by atoms with E-state index in [1.165, 1.54) is 12.1 Å². The number of nitrogens with one attached hydrogen (secondary N) is 2. The van der Waals surface area contributed by atoms with Gasteiger partial charge in [-0.3, -0.25) is 9.59 Å². The van der Waals surface area contributed by atoms with Gasteiger partial charge in [-0.15, -0.1) is 11.3 Å². The average molecular weight is 397 g/mol. The summed E-state index contributed by atoms with van der Waals surface area (Å²) in [5.41, 5.74) is 2.47. The molecule has 1 aliphatic rings. The number of H-pyrrole nitrogens is 2. The van der Waals surface area contributed by atoms with Gasteiger partial charge in [-0.05, 0) is 35.0 Å². The number of carbonyl (C=O) groups excluding carboxylic acids is 1. The zero-order valence-corrected chi connectivity index (χ0v) is 15.7. The molecule has 1 atom stereocenters. The van der Waals surface area contributed by atoms with Crippen LogP contribution < -0.4 is 5.56 Å². The minimum absolute atomic E-state index is 0.175. The summed E-state index contributed by atoms with van der Waals surface area (Å²) >= 11 is 1.56. The number of carbonyl (C=O) groups is 1. The van der Waals surface area contributed by atoms with E-state index in [2.05, 4.69) is 9.97 Å². The van der Waals surface area contributed by atoms with E-state index < -0.39 is 11.9 Å². The van der Waals surface area contributed by atoms with Crippen molar-refractivity contribution in [1.82, 2.24) is 14.9 Å². The highest BCUT2D eigenvalue weighted by molar-refractivity contribution is 7.17. The summed E-state index contributed by atoms with van der Waals surface area (Å²) in [5, 5.41) is 2.87. The Labute approximate surface area is 162 Å². The van der Waals surface area contributed by atoms with Crippen LogP contribution in [-0.4, -0.2) is 34.4 Å². The van der Waals surface area contributed by atoms with Crippen LogP contribution in [0, 0.1) is 5.82 Å². The quantitative estimate of drug-likeness (QED) is 0.543. The van der Waals surface area contributed by atoms with E-state index in [4.69, 9.17) is 4.74 Å². The van der Waals surface area contributed by atoms with Gasteiger partial charge in [0.15, 0.2) is 0 Å². The average Bonchev–Trinajstić information content (AvgIpc) is 3.29. The summed E-state index contributed by atoms with van der Waals surface area (Å²) in [5.74, 6) is -0.649. The molecule has 2 N–H and O–H groups in total. The fourth-order valence-corrected chi connectivity index (χ4v) is 4.61. The van der Waals surface area contributed by atoms with Gasteiger partial charge in [-0.1, -0.05) is 6.07 Å². The Morgan fingerprint density at radius 3 is 2.93 bits per heavy atom. The second-order valence-electron chi connectivity index (χ2n) is 6.86. The van der Waals surface area contributed by atoms with Crippen LogP contribution in [0.2, 0.25) is 0 Å². The molecule has 1 amide bonds. The maximum atomic E-state index is 13.7. The lowest BCUT2D eigenvalue weighted by Crippen LogP contribution is -2.37. The molecule has 0 saturated heterocycles. The van der Waals surface area contributed by atoms with Crippen molar-refractivity contribution in [2.24, 2.45) is 0 Å². The molecule has 0 fully saturated rings. The van der Waals surface area contributed by atoms with Gasteiger partial charge in [-0.25, -0.2) is 4.39 Å². The number of fused-ring (bicyclic) bond motifs is 4. The number of aromatic amines is 2. The molecule has 0 aliphatic carbocycles. The highest BCUT2D eigenvalue weighted by Gasteiger charge is 2.31. The van der Waals surface area contributed by atoms with Crippen molar-refractivity contribution in [2.45, 2.75) is 12.6 Å². The fourth-order valence-electron chi connectivity index (χ4n) is 3.82. The largest absolute Gasteiger partial charge is 0.373 e. The SMILES string of the molecule is CN(C(=O)c1cc2sccc2[nH]1)[C@H]1COCc2[nH]c(=O)c3cc(F)ccc3c21. The second-order valence-corrected chi connectivity index (χ2v) is 7.81. The van der Waals surface area contributed by atoms with Crippen LogP contribution in [0.15, 0.2) is 40.5 Å². The van der Waals surface area contributed by atoms with Crippen LogP contribution in [0.3, 0.4) is 0 Å². The monoisotopic (exact) mass is 397 g/mol. The van der Waals surface area contributed by atoms with Gasteiger partial charge in [0, 0.05) is 18.3 Å². The van der Waals surface area contributed by atoms with Crippen LogP contribution in [0.1, 0.15) is 27.8 Å². The van der Waals surface area contributed by atoms with E-state index in [9.17, 15) is 14.0 Å². The lowest BCUT2D eigenvalue weighted by Gasteiger charge is -2.33. The van der Waals surface area contributed by atoms with Crippen molar-refractivity contribution in [3.8, 4) is 0 Å². The number of benzene rings is 1. The van der Waals surface area contributed by atoms with Gasteiger partial charge in [0.05, 0.1) is 34.9 Å². The van der Waals surface area contributed by atoms with Crippen LogP contribution in [-0.2, 0) is 11.3 Å². The number of halogens is 1. The Morgan fingerprint density at radius 1 is 1.25 bits per heavy atom. The van der Waals surface area contributed by atoms with Crippen LogP contribution >= 0.6 is 11.3 Å². The number of aromatic nitrogens is 2. The van der Waals surface area contributed by atoms with Crippen LogP contribution in [0.25, 0.3) is 21.0 Å². The maximum Gasteiger partial charge on any atom is 0.270 e. The Hall–Kier alpha value is -2.97. The van der Waals surface area contributed by atoms with Gasteiger partial charge < -0.3 is 19.6 Å². The van der Waals surface area contributed by atoms with E-state index in [1.807, 2.05) is 17.5 Å². The van der Waals surface area contributed by atoms with Gasteiger partial charge in [0.1, 0.15) is 11.5 Å². The lowest BCUT2D eigenvalue weighted by molar-refractivity contribution is 0.0333. The number of pyridine rings is 1. The predicted octanol–water partition coefficient (Wildman–Crippen LogP) is 3.55. The molecule has 142 valence electrons. The maximum absolute atomic E-state index is 13.7. The van der Waals surface area contributed by atoms with Crippen molar-refractivity contribution >= 4 is 38.2 Å². The van der Waals surface area contributed by atoms with Gasteiger partial charge in [0.25, 0.3) is 11.5 Å². The predicted molar refractivity (Wildman–Crippen MR) is 105 cm³/mol. The molecular weight excluding hydrogens is 381 g/mol. The molecule has 0 saturated carbocycles. The number of thiophene rings is 1. The van der Waals surface area contributed by atoms with Crippen molar-refractivity contribution in [3.05, 3.63) is 68.8 Å². The number of rotatable bonds is 2. The Bertz CT molecular complexity index is 1260. The zero-order valence-electron chi connectivity index (χ0n) is 14.9. The molecule has 0 radical (unpaired) electrons. The molecule has 6 nitrogen and oxygen atoms in total. The lowest BCUT2D eigenvalue weighted by atomic mass is 9.95.